The lowest BCUT2D eigenvalue weighted by atomic mass is 9.89. The van der Waals surface area contributed by atoms with Crippen molar-refractivity contribution in [3.63, 3.8) is 0 Å². The lowest BCUT2D eigenvalue weighted by Gasteiger charge is -2.18. The first-order valence-corrected chi connectivity index (χ1v) is 7.87. The Balaban J connectivity index is 1.62. The van der Waals surface area contributed by atoms with Crippen molar-refractivity contribution in [3.05, 3.63) is 47.5 Å². The monoisotopic (exact) mass is 267 g/mol. The van der Waals surface area contributed by atoms with Crippen LogP contribution in [0.5, 0.6) is 0 Å². The summed E-state index contributed by atoms with van der Waals surface area (Å²) in [6.07, 6.45) is 8.96. The minimum absolute atomic E-state index is 0.102. The van der Waals surface area contributed by atoms with E-state index in [-0.39, 0.29) is 5.41 Å². The Morgan fingerprint density at radius 2 is 1.75 bits per heavy atom. The van der Waals surface area contributed by atoms with Gasteiger partial charge in [-0.25, -0.2) is 4.98 Å². The lowest BCUT2D eigenvalue weighted by molar-refractivity contribution is 0.429. The molecule has 2 aliphatic rings. The zero-order chi connectivity index (χ0) is 13.4. The van der Waals surface area contributed by atoms with E-state index >= 15 is 0 Å². The van der Waals surface area contributed by atoms with E-state index < -0.39 is 0 Å². The highest BCUT2D eigenvalue weighted by atomic mass is 15.2. The Morgan fingerprint density at radius 1 is 1.00 bits per heavy atom. The number of rotatable bonds is 3. The number of nitrogens with one attached hydrogen (secondary N) is 1. The van der Waals surface area contributed by atoms with Crippen LogP contribution in [0.1, 0.15) is 68.1 Å². The van der Waals surface area contributed by atoms with Crippen LogP contribution in [0.15, 0.2) is 30.3 Å². The summed E-state index contributed by atoms with van der Waals surface area (Å²) in [5, 5.41) is 7.80. The number of aromatic amines is 1. The summed E-state index contributed by atoms with van der Waals surface area (Å²) in [4.78, 5) is 4.88. The molecule has 0 bridgehead atoms. The maximum atomic E-state index is 4.88. The maximum Gasteiger partial charge on any atom is 0.161 e. The van der Waals surface area contributed by atoms with Crippen LogP contribution in [-0.2, 0) is 5.41 Å². The van der Waals surface area contributed by atoms with Gasteiger partial charge in [0.1, 0.15) is 5.82 Å². The summed E-state index contributed by atoms with van der Waals surface area (Å²) in [6, 6.07) is 10.7. The van der Waals surface area contributed by atoms with Crippen molar-refractivity contribution >= 4 is 0 Å². The molecule has 104 valence electrons. The van der Waals surface area contributed by atoms with Crippen LogP contribution in [0.25, 0.3) is 0 Å². The van der Waals surface area contributed by atoms with E-state index in [0.717, 1.165) is 11.6 Å². The van der Waals surface area contributed by atoms with E-state index in [9.17, 15) is 0 Å². The number of hydrogen-bond donors (Lipinski definition) is 1. The molecule has 0 saturated heterocycles. The lowest BCUT2D eigenvalue weighted by Crippen LogP contribution is -2.11. The van der Waals surface area contributed by atoms with Crippen molar-refractivity contribution in [1.29, 1.82) is 0 Å². The average molecular weight is 267 g/mol. The number of benzene rings is 1. The van der Waals surface area contributed by atoms with Crippen LogP contribution in [0.2, 0.25) is 0 Å². The van der Waals surface area contributed by atoms with E-state index in [0.29, 0.717) is 5.92 Å². The van der Waals surface area contributed by atoms with Crippen LogP contribution in [0, 0.1) is 0 Å². The number of H-pyrrole nitrogens is 1. The molecular weight excluding hydrogens is 246 g/mol. The van der Waals surface area contributed by atoms with E-state index in [1.165, 1.54) is 50.5 Å². The fourth-order valence-electron chi connectivity index (χ4n) is 3.57. The van der Waals surface area contributed by atoms with Gasteiger partial charge < -0.3 is 0 Å². The van der Waals surface area contributed by atoms with Crippen LogP contribution < -0.4 is 0 Å². The minimum Gasteiger partial charge on any atom is -0.263 e. The third-order valence-corrected chi connectivity index (χ3v) is 5.00. The van der Waals surface area contributed by atoms with Gasteiger partial charge in [0.25, 0.3) is 0 Å². The van der Waals surface area contributed by atoms with Crippen molar-refractivity contribution in [3.8, 4) is 0 Å². The molecule has 2 saturated carbocycles. The summed E-state index contributed by atoms with van der Waals surface area (Å²) in [5.41, 5.74) is 1.47. The zero-order valence-corrected chi connectivity index (χ0v) is 11.8. The van der Waals surface area contributed by atoms with Gasteiger partial charge >= 0.3 is 0 Å². The van der Waals surface area contributed by atoms with Crippen LogP contribution in [-0.4, -0.2) is 15.2 Å². The quantitative estimate of drug-likeness (QED) is 0.915. The molecule has 2 fully saturated rings. The first kappa shape index (κ1) is 12.1. The summed E-state index contributed by atoms with van der Waals surface area (Å²) < 4.78 is 0. The van der Waals surface area contributed by atoms with Crippen molar-refractivity contribution in [1.82, 2.24) is 15.2 Å². The van der Waals surface area contributed by atoms with E-state index in [4.69, 9.17) is 4.98 Å². The molecule has 0 aliphatic heterocycles. The number of hydrogen-bond acceptors (Lipinski definition) is 2. The Morgan fingerprint density at radius 3 is 2.45 bits per heavy atom. The Bertz CT molecular complexity index is 577. The Labute approximate surface area is 119 Å². The predicted molar refractivity (Wildman–Crippen MR) is 78.7 cm³/mol. The van der Waals surface area contributed by atoms with Gasteiger partial charge in [-0.05, 0) is 31.2 Å². The fraction of sp³-hybridized carbons (Fsp3) is 0.529. The van der Waals surface area contributed by atoms with Crippen LogP contribution in [0.4, 0.5) is 0 Å². The smallest absolute Gasteiger partial charge is 0.161 e. The summed E-state index contributed by atoms with van der Waals surface area (Å²) in [5.74, 6) is 2.75. The molecule has 4 rings (SSSR count). The van der Waals surface area contributed by atoms with Crippen molar-refractivity contribution in [2.75, 3.05) is 0 Å². The molecule has 0 atom stereocenters. The molecule has 3 heteroatoms. The summed E-state index contributed by atoms with van der Waals surface area (Å²) in [7, 11) is 0. The molecule has 1 N–H and O–H groups in total. The molecule has 0 unspecified atom stereocenters. The predicted octanol–water partition coefficient (Wildman–Crippen LogP) is 3.93. The first-order valence-electron chi connectivity index (χ1n) is 7.87. The highest BCUT2D eigenvalue weighted by molar-refractivity contribution is 5.39. The SMILES string of the molecule is c1ccc(C2(c3n[nH]c(C4CCCCC4)n3)CC2)cc1. The molecular formula is C17H21N3. The van der Waals surface area contributed by atoms with Gasteiger partial charge in [0.2, 0.25) is 0 Å². The second-order valence-corrected chi connectivity index (χ2v) is 6.33. The van der Waals surface area contributed by atoms with Crippen molar-refractivity contribution < 1.29 is 0 Å². The van der Waals surface area contributed by atoms with Crippen molar-refractivity contribution in [2.24, 2.45) is 0 Å². The highest BCUT2D eigenvalue weighted by Crippen LogP contribution is 2.52. The standard InChI is InChI=1S/C17H21N3/c1-3-7-13(8-4-1)15-18-16(20-19-15)17(11-12-17)14-9-5-2-6-10-14/h2,5-6,9-10,13H,1,3-4,7-8,11-12H2,(H,18,19,20). The third kappa shape index (κ3) is 1.96. The Hall–Kier alpha value is -1.64. The maximum absolute atomic E-state index is 4.88. The molecule has 2 aromatic rings. The second-order valence-electron chi connectivity index (χ2n) is 6.33. The molecule has 20 heavy (non-hydrogen) atoms. The molecule has 2 aliphatic carbocycles. The van der Waals surface area contributed by atoms with Gasteiger partial charge in [0.15, 0.2) is 5.82 Å². The molecule has 0 amide bonds. The van der Waals surface area contributed by atoms with Crippen molar-refractivity contribution in [2.45, 2.75) is 56.3 Å². The Kier molecular flexibility index (Phi) is 2.86. The van der Waals surface area contributed by atoms with Gasteiger partial charge in [0, 0.05) is 5.92 Å². The number of aromatic nitrogens is 3. The second kappa shape index (κ2) is 4.72. The molecule has 3 nitrogen and oxygen atoms in total. The fourth-order valence-corrected chi connectivity index (χ4v) is 3.57. The molecule has 1 aromatic heterocycles. The molecule has 0 spiro atoms. The normalized spacial score (nSPS) is 21.8. The van der Waals surface area contributed by atoms with E-state index in [2.05, 4.69) is 40.5 Å². The minimum atomic E-state index is 0.102. The highest BCUT2D eigenvalue weighted by Gasteiger charge is 2.49. The van der Waals surface area contributed by atoms with Gasteiger partial charge in [-0.3, -0.25) is 5.10 Å². The van der Waals surface area contributed by atoms with Crippen LogP contribution >= 0.6 is 0 Å². The summed E-state index contributed by atoms with van der Waals surface area (Å²) in [6.45, 7) is 0. The zero-order valence-electron chi connectivity index (χ0n) is 11.8. The largest absolute Gasteiger partial charge is 0.263 e. The average Bonchev–Trinajstić information content (AvgIpc) is 3.19. The topological polar surface area (TPSA) is 41.6 Å². The van der Waals surface area contributed by atoms with E-state index in [1.807, 2.05) is 0 Å². The van der Waals surface area contributed by atoms with Gasteiger partial charge in [-0.15, -0.1) is 0 Å². The molecule has 0 radical (unpaired) electrons. The first-order chi connectivity index (χ1) is 9.88. The third-order valence-electron chi connectivity index (χ3n) is 5.00. The number of nitrogens with zero attached hydrogens (tertiary/aromatic N) is 2. The van der Waals surface area contributed by atoms with Gasteiger partial charge in [-0.2, -0.15) is 5.10 Å². The van der Waals surface area contributed by atoms with Gasteiger partial charge in [-0.1, -0.05) is 49.6 Å². The molecule has 1 aromatic carbocycles. The van der Waals surface area contributed by atoms with E-state index in [1.54, 1.807) is 0 Å². The van der Waals surface area contributed by atoms with Gasteiger partial charge in [0.05, 0.1) is 5.41 Å². The molecule has 1 heterocycles. The van der Waals surface area contributed by atoms with Crippen LogP contribution in [0.3, 0.4) is 0 Å². The summed E-state index contributed by atoms with van der Waals surface area (Å²) >= 11 is 0.